The first kappa shape index (κ1) is 14.2. The fourth-order valence-electron chi connectivity index (χ4n) is 3.59. The smallest absolute Gasteiger partial charge is 0.228 e. The van der Waals surface area contributed by atoms with Crippen LogP contribution in [0.15, 0.2) is 12.1 Å². The van der Waals surface area contributed by atoms with Crippen LogP contribution in [0, 0.1) is 11.8 Å². The quantitative estimate of drug-likeness (QED) is 0.822. The summed E-state index contributed by atoms with van der Waals surface area (Å²) >= 11 is 0. The summed E-state index contributed by atoms with van der Waals surface area (Å²) in [5.74, 6) is 1.63. The number of benzene rings is 1. The minimum atomic E-state index is 0.0669. The van der Waals surface area contributed by atoms with Gasteiger partial charge in [-0.25, -0.2) is 0 Å². The van der Waals surface area contributed by atoms with Gasteiger partial charge in [-0.15, -0.1) is 0 Å². The molecule has 0 radical (unpaired) electrons. The van der Waals surface area contributed by atoms with Crippen molar-refractivity contribution in [3.8, 4) is 0 Å². The van der Waals surface area contributed by atoms with Crippen molar-refractivity contribution in [2.24, 2.45) is 11.8 Å². The van der Waals surface area contributed by atoms with Crippen LogP contribution in [-0.4, -0.2) is 19.0 Å². The zero-order valence-electron chi connectivity index (χ0n) is 13.0. The zero-order valence-corrected chi connectivity index (χ0v) is 13.0. The van der Waals surface area contributed by atoms with Gasteiger partial charge in [-0.05, 0) is 48.8 Å². The first-order chi connectivity index (χ1) is 10.0. The fraction of sp³-hybridized carbons (Fsp3) is 0.588. The van der Waals surface area contributed by atoms with Gasteiger partial charge in [-0.1, -0.05) is 13.8 Å². The molecule has 2 aliphatic rings. The Balaban J connectivity index is 1.81. The standard InChI is InChI=1S/C17H25N3O/c1-11(2)12-4-3-6-20(7-5-12)16-10-15-13(8-14(16)18)9-17(21)19-15/h8,10-12H,3-7,9,18H2,1-2H3,(H,19,21). The van der Waals surface area contributed by atoms with Gasteiger partial charge in [-0.2, -0.15) is 0 Å². The second kappa shape index (κ2) is 5.58. The van der Waals surface area contributed by atoms with Gasteiger partial charge >= 0.3 is 0 Å². The number of hydrogen-bond donors (Lipinski definition) is 2. The third kappa shape index (κ3) is 2.85. The van der Waals surface area contributed by atoms with Gasteiger partial charge in [0.25, 0.3) is 0 Å². The highest BCUT2D eigenvalue weighted by atomic mass is 16.1. The number of amides is 1. The van der Waals surface area contributed by atoms with Crippen LogP contribution in [0.3, 0.4) is 0 Å². The molecule has 0 saturated carbocycles. The van der Waals surface area contributed by atoms with Crippen LogP contribution >= 0.6 is 0 Å². The van der Waals surface area contributed by atoms with Crippen LogP contribution in [0.25, 0.3) is 0 Å². The monoisotopic (exact) mass is 287 g/mol. The van der Waals surface area contributed by atoms with Crippen molar-refractivity contribution in [3.05, 3.63) is 17.7 Å². The number of carbonyl (C=O) groups is 1. The molecule has 4 nitrogen and oxygen atoms in total. The molecule has 1 fully saturated rings. The zero-order chi connectivity index (χ0) is 15.0. The van der Waals surface area contributed by atoms with E-state index in [0.29, 0.717) is 6.42 Å². The molecule has 21 heavy (non-hydrogen) atoms. The Labute approximate surface area is 126 Å². The van der Waals surface area contributed by atoms with E-state index in [4.69, 9.17) is 5.73 Å². The predicted molar refractivity (Wildman–Crippen MR) is 87.6 cm³/mol. The summed E-state index contributed by atoms with van der Waals surface area (Å²) < 4.78 is 0. The lowest BCUT2D eigenvalue weighted by atomic mass is 9.89. The van der Waals surface area contributed by atoms with Gasteiger partial charge in [0.05, 0.1) is 17.8 Å². The Morgan fingerprint density at radius 1 is 1.29 bits per heavy atom. The number of nitrogen functional groups attached to an aromatic ring is 1. The molecule has 1 amide bonds. The Kier molecular flexibility index (Phi) is 3.79. The second-order valence-electron chi connectivity index (χ2n) is 6.72. The van der Waals surface area contributed by atoms with Crippen molar-refractivity contribution in [2.45, 2.75) is 39.5 Å². The average Bonchev–Trinajstić information content (AvgIpc) is 2.63. The summed E-state index contributed by atoms with van der Waals surface area (Å²) in [6.07, 6.45) is 4.19. The molecule has 0 aromatic heterocycles. The third-order valence-corrected chi connectivity index (χ3v) is 4.93. The second-order valence-corrected chi connectivity index (χ2v) is 6.72. The number of fused-ring (bicyclic) bond motifs is 1. The molecule has 0 spiro atoms. The maximum absolute atomic E-state index is 11.5. The number of nitrogens with two attached hydrogens (primary N) is 1. The van der Waals surface area contributed by atoms with E-state index in [0.717, 1.165) is 47.6 Å². The molecule has 1 aromatic rings. The summed E-state index contributed by atoms with van der Waals surface area (Å²) in [4.78, 5) is 13.9. The Morgan fingerprint density at radius 3 is 2.86 bits per heavy atom. The summed E-state index contributed by atoms with van der Waals surface area (Å²) in [6.45, 7) is 6.75. The van der Waals surface area contributed by atoms with Crippen molar-refractivity contribution in [3.63, 3.8) is 0 Å². The highest BCUT2D eigenvalue weighted by Crippen LogP contribution is 2.35. The Morgan fingerprint density at radius 2 is 2.10 bits per heavy atom. The highest BCUT2D eigenvalue weighted by molar-refractivity contribution is 6.00. The molecule has 1 aromatic carbocycles. The van der Waals surface area contributed by atoms with Gasteiger partial charge in [0.1, 0.15) is 0 Å². The lowest BCUT2D eigenvalue weighted by Crippen LogP contribution is -2.25. The number of nitrogens with zero attached hydrogens (tertiary/aromatic N) is 1. The summed E-state index contributed by atoms with van der Waals surface area (Å²) in [7, 11) is 0. The summed E-state index contributed by atoms with van der Waals surface area (Å²) in [5.41, 5.74) is 10.1. The molecule has 2 aliphatic heterocycles. The SMILES string of the molecule is CC(C)C1CCCN(c2cc3c(cc2N)CC(=O)N3)CC1. The van der Waals surface area contributed by atoms with E-state index in [9.17, 15) is 4.79 Å². The van der Waals surface area contributed by atoms with Crippen LogP contribution in [0.4, 0.5) is 17.1 Å². The minimum absolute atomic E-state index is 0.0669. The van der Waals surface area contributed by atoms with Crippen molar-refractivity contribution in [1.82, 2.24) is 0 Å². The molecular formula is C17H25N3O. The molecule has 1 saturated heterocycles. The van der Waals surface area contributed by atoms with Gasteiger partial charge < -0.3 is 16.0 Å². The van der Waals surface area contributed by atoms with Crippen LogP contribution < -0.4 is 16.0 Å². The number of carbonyl (C=O) groups excluding carboxylic acids is 1. The van der Waals surface area contributed by atoms with Crippen molar-refractivity contribution >= 4 is 23.0 Å². The number of rotatable bonds is 2. The van der Waals surface area contributed by atoms with Crippen LogP contribution in [-0.2, 0) is 11.2 Å². The summed E-state index contributed by atoms with van der Waals surface area (Å²) in [5, 5.41) is 2.93. The van der Waals surface area contributed by atoms with E-state index < -0.39 is 0 Å². The first-order valence-electron chi connectivity index (χ1n) is 8.02. The van der Waals surface area contributed by atoms with Gasteiger partial charge in [0.2, 0.25) is 5.91 Å². The van der Waals surface area contributed by atoms with Gasteiger partial charge in [-0.3, -0.25) is 4.79 Å². The predicted octanol–water partition coefficient (Wildman–Crippen LogP) is 3.03. The third-order valence-electron chi connectivity index (χ3n) is 4.93. The molecule has 4 heteroatoms. The van der Waals surface area contributed by atoms with E-state index in [2.05, 4.69) is 30.1 Å². The van der Waals surface area contributed by atoms with E-state index >= 15 is 0 Å². The van der Waals surface area contributed by atoms with E-state index in [1.54, 1.807) is 0 Å². The maximum Gasteiger partial charge on any atom is 0.228 e. The summed E-state index contributed by atoms with van der Waals surface area (Å²) in [6, 6.07) is 4.03. The molecule has 3 rings (SSSR count). The number of hydrogen-bond acceptors (Lipinski definition) is 3. The number of nitrogens with one attached hydrogen (secondary N) is 1. The van der Waals surface area contributed by atoms with Crippen molar-refractivity contribution in [2.75, 3.05) is 29.0 Å². The van der Waals surface area contributed by atoms with Gasteiger partial charge in [0.15, 0.2) is 0 Å². The fourth-order valence-corrected chi connectivity index (χ4v) is 3.59. The van der Waals surface area contributed by atoms with Crippen LogP contribution in [0.2, 0.25) is 0 Å². The molecule has 1 unspecified atom stereocenters. The van der Waals surface area contributed by atoms with Crippen LogP contribution in [0.1, 0.15) is 38.7 Å². The Hall–Kier alpha value is -1.71. The van der Waals surface area contributed by atoms with Crippen LogP contribution in [0.5, 0.6) is 0 Å². The molecule has 3 N–H and O–H groups in total. The topological polar surface area (TPSA) is 58.4 Å². The highest BCUT2D eigenvalue weighted by Gasteiger charge is 2.24. The van der Waals surface area contributed by atoms with Crippen molar-refractivity contribution < 1.29 is 4.79 Å². The van der Waals surface area contributed by atoms with Crippen molar-refractivity contribution in [1.29, 1.82) is 0 Å². The lowest BCUT2D eigenvalue weighted by Gasteiger charge is -2.25. The van der Waals surface area contributed by atoms with E-state index in [1.807, 2.05) is 6.07 Å². The Bertz CT molecular complexity index is 553. The van der Waals surface area contributed by atoms with Gasteiger partial charge in [0, 0.05) is 18.8 Å². The molecule has 1 atom stereocenters. The maximum atomic E-state index is 11.5. The lowest BCUT2D eigenvalue weighted by molar-refractivity contribution is -0.115. The molecule has 114 valence electrons. The number of anilines is 3. The molecule has 0 bridgehead atoms. The molecular weight excluding hydrogens is 262 g/mol. The molecule has 2 heterocycles. The van der Waals surface area contributed by atoms with E-state index in [-0.39, 0.29) is 5.91 Å². The first-order valence-corrected chi connectivity index (χ1v) is 8.02. The normalized spacial score (nSPS) is 22.1. The largest absolute Gasteiger partial charge is 0.397 e. The molecule has 0 aliphatic carbocycles. The van der Waals surface area contributed by atoms with E-state index in [1.165, 1.54) is 19.3 Å². The minimum Gasteiger partial charge on any atom is -0.397 e. The average molecular weight is 287 g/mol.